The number of benzene rings is 1. The number of carbonyl (C=O) groups is 1. The molecule has 100 valence electrons. The number of rotatable bonds is 7. The van der Waals surface area contributed by atoms with Gasteiger partial charge in [-0.05, 0) is 37.0 Å². The molecule has 0 unspecified atom stereocenters. The van der Waals surface area contributed by atoms with Crippen LogP contribution in [0.4, 0.5) is 0 Å². The molecule has 3 nitrogen and oxygen atoms in total. The Morgan fingerprint density at radius 1 is 1.17 bits per heavy atom. The fraction of sp³-hybridized carbons (Fsp3) is 0.533. The van der Waals surface area contributed by atoms with Crippen LogP contribution in [-0.2, 0) is 6.42 Å². The summed E-state index contributed by atoms with van der Waals surface area (Å²) in [6.45, 7) is 0.285. The van der Waals surface area contributed by atoms with Crippen molar-refractivity contribution in [1.29, 1.82) is 0 Å². The fourth-order valence-corrected chi connectivity index (χ4v) is 1.91. The molecule has 0 atom stereocenters. The average molecular weight is 249 g/mol. The van der Waals surface area contributed by atoms with Crippen LogP contribution in [0.3, 0.4) is 0 Å². The van der Waals surface area contributed by atoms with Crippen LogP contribution in [0.15, 0.2) is 24.3 Å². The Bertz CT molecular complexity index is 375. The molecular weight excluding hydrogens is 226 g/mol. The molecule has 0 saturated carbocycles. The first-order valence-electron chi connectivity index (χ1n) is 6.56. The number of nitrogens with zero attached hydrogens (tertiary/aromatic N) is 1. The molecule has 1 N–H and O–H groups in total. The zero-order valence-corrected chi connectivity index (χ0v) is 11.4. The highest BCUT2D eigenvalue weighted by Crippen LogP contribution is 2.11. The molecule has 1 aromatic rings. The van der Waals surface area contributed by atoms with Crippen molar-refractivity contribution in [1.82, 2.24) is 4.90 Å². The van der Waals surface area contributed by atoms with Crippen LogP contribution in [0.2, 0.25) is 0 Å². The third kappa shape index (κ3) is 4.88. The Hall–Kier alpha value is -1.35. The number of amides is 1. The van der Waals surface area contributed by atoms with Crippen LogP contribution in [0, 0.1) is 0 Å². The third-order valence-corrected chi connectivity index (χ3v) is 2.95. The number of aryl methyl sites for hydroxylation is 1. The molecule has 0 bridgehead atoms. The lowest BCUT2D eigenvalue weighted by Crippen LogP contribution is -2.21. The maximum absolute atomic E-state index is 11.8. The minimum atomic E-state index is 0.0529. The van der Waals surface area contributed by atoms with Gasteiger partial charge in [-0.1, -0.05) is 25.0 Å². The molecule has 0 radical (unpaired) electrons. The molecular formula is C15H23NO2. The number of carbonyl (C=O) groups excluding carboxylic acids is 1. The van der Waals surface area contributed by atoms with Gasteiger partial charge in [0.2, 0.25) is 0 Å². The van der Waals surface area contributed by atoms with Gasteiger partial charge < -0.3 is 10.0 Å². The molecule has 1 aromatic carbocycles. The molecule has 0 saturated heterocycles. The zero-order chi connectivity index (χ0) is 13.4. The monoisotopic (exact) mass is 249 g/mol. The van der Waals surface area contributed by atoms with Gasteiger partial charge in [0.05, 0.1) is 0 Å². The highest BCUT2D eigenvalue weighted by atomic mass is 16.2. The summed E-state index contributed by atoms with van der Waals surface area (Å²) in [6, 6.07) is 7.85. The van der Waals surface area contributed by atoms with E-state index < -0.39 is 0 Å². The normalized spacial score (nSPS) is 10.4. The largest absolute Gasteiger partial charge is 0.396 e. The lowest BCUT2D eigenvalue weighted by Gasteiger charge is -2.11. The SMILES string of the molecule is CN(C)C(=O)c1cccc(CCCCCCO)c1. The topological polar surface area (TPSA) is 40.5 Å². The molecule has 1 rings (SSSR count). The summed E-state index contributed by atoms with van der Waals surface area (Å²) in [4.78, 5) is 13.4. The minimum absolute atomic E-state index is 0.0529. The van der Waals surface area contributed by atoms with Gasteiger partial charge in [-0.25, -0.2) is 0 Å². The van der Waals surface area contributed by atoms with Crippen LogP contribution in [-0.4, -0.2) is 36.6 Å². The van der Waals surface area contributed by atoms with Crippen molar-refractivity contribution in [2.24, 2.45) is 0 Å². The van der Waals surface area contributed by atoms with Crippen molar-refractivity contribution in [3.05, 3.63) is 35.4 Å². The van der Waals surface area contributed by atoms with E-state index in [0.717, 1.165) is 37.7 Å². The Kier molecular flexibility index (Phi) is 6.44. The number of unbranched alkanes of at least 4 members (excludes halogenated alkanes) is 3. The summed E-state index contributed by atoms with van der Waals surface area (Å²) in [5, 5.41) is 8.69. The highest BCUT2D eigenvalue weighted by Gasteiger charge is 2.07. The van der Waals surface area contributed by atoms with Gasteiger partial charge in [0.15, 0.2) is 0 Å². The van der Waals surface area contributed by atoms with Crippen molar-refractivity contribution in [3.63, 3.8) is 0 Å². The van der Waals surface area contributed by atoms with Gasteiger partial charge in [0.25, 0.3) is 5.91 Å². The number of hydrogen-bond donors (Lipinski definition) is 1. The van der Waals surface area contributed by atoms with E-state index in [1.807, 2.05) is 18.2 Å². The van der Waals surface area contributed by atoms with Crippen LogP contribution >= 0.6 is 0 Å². The van der Waals surface area contributed by atoms with Gasteiger partial charge in [-0.15, -0.1) is 0 Å². The first-order chi connectivity index (χ1) is 8.65. The molecule has 0 aliphatic rings. The van der Waals surface area contributed by atoms with Gasteiger partial charge >= 0.3 is 0 Å². The maximum atomic E-state index is 11.8. The predicted octanol–water partition coefficient (Wildman–Crippen LogP) is 2.48. The number of hydrogen-bond acceptors (Lipinski definition) is 2. The molecule has 0 aliphatic heterocycles. The van der Waals surface area contributed by atoms with E-state index in [-0.39, 0.29) is 12.5 Å². The van der Waals surface area contributed by atoms with E-state index in [1.165, 1.54) is 5.56 Å². The fourth-order valence-electron chi connectivity index (χ4n) is 1.91. The van der Waals surface area contributed by atoms with E-state index in [1.54, 1.807) is 19.0 Å². The second-order valence-corrected chi connectivity index (χ2v) is 4.79. The van der Waals surface area contributed by atoms with Gasteiger partial charge in [0.1, 0.15) is 0 Å². The standard InChI is InChI=1S/C15H23NO2/c1-16(2)15(18)14-10-7-9-13(12-14)8-5-3-4-6-11-17/h7,9-10,12,17H,3-6,8,11H2,1-2H3. The quantitative estimate of drug-likeness (QED) is 0.754. The summed E-state index contributed by atoms with van der Waals surface area (Å²) < 4.78 is 0. The first kappa shape index (κ1) is 14.7. The van der Waals surface area contributed by atoms with E-state index in [9.17, 15) is 4.79 Å². The smallest absolute Gasteiger partial charge is 0.253 e. The number of aliphatic hydroxyl groups excluding tert-OH is 1. The van der Waals surface area contributed by atoms with E-state index in [4.69, 9.17) is 5.11 Å². The van der Waals surface area contributed by atoms with Crippen molar-refractivity contribution in [3.8, 4) is 0 Å². The Balaban J connectivity index is 2.47. The molecule has 0 heterocycles. The third-order valence-electron chi connectivity index (χ3n) is 2.95. The Morgan fingerprint density at radius 2 is 1.89 bits per heavy atom. The lowest BCUT2D eigenvalue weighted by molar-refractivity contribution is 0.0827. The Labute approximate surface area is 109 Å². The van der Waals surface area contributed by atoms with Crippen molar-refractivity contribution >= 4 is 5.91 Å². The molecule has 0 aromatic heterocycles. The second kappa shape index (κ2) is 7.88. The summed E-state index contributed by atoms with van der Waals surface area (Å²) >= 11 is 0. The Morgan fingerprint density at radius 3 is 2.56 bits per heavy atom. The van der Waals surface area contributed by atoms with Gasteiger partial charge in [0, 0.05) is 26.3 Å². The van der Waals surface area contributed by atoms with Crippen molar-refractivity contribution < 1.29 is 9.90 Å². The van der Waals surface area contributed by atoms with Crippen molar-refractivity contribution in [2.45, 2.75) is 32.1 Å². The summed E-state index contributed by atoms with van der Waals surface area (Å²) in [5.41, 5.74) is 1.97. The average Bonchev–Trinajstić information content (AvgIpc) is 2.38. The minimum Gasteiger partial charge on any atom is -0.396 e. The van der Waals surface area contributed by atoms with Gasteiger partial charge in [-0.3, -0.25) is 4.79 Å². The zero-order valence-electron chi connectivity index (χ0n) is 11.4. The summed E-state index contributed by atoms with van der Waals surface area (Å²) in [7, 11) is 3.54. The maximum Gasteiger partial charge on any atom is 0.253 e. The molecule has 1 amide bonds. The van der Waals surface area contributed by atoms with E-state index >= 15 is 0 Å². The predicted molar refractivity (Wildman–Crippen MR) is 73.7 cm³/mol. The van der Waals surface area contributed by atoms with Crippen LogP contribution in [0.25, 0.3) is 0 Å². The molecule has 0 spiro atoms. The van der Waals surface area contributed by atoms with E-state index in [2.05, 4.69) is 6.07 Å². The highest BCUT2D eigenvalue weighted by molar-refractivity contribution is 5.94. The first-order valence-corrected chi connectivity index (χ1v) is 6.56. The van der Waals surface area contributed by atoms with Crippen LogP contribution in [0.5, 0.6) is 0 Å². The summed E-state index contributed by atoms with van der Waals surface area (Å²) in [6.07, 6.45) is 5.21. The van der Waals surface area contributed by atoms with E-state index in [0.29, 0.717) is 0 Å². The lowest BCUT2D eigenvalue weighted by atomic mass is 10.0. The number of aliphatic hydroxyl groups is 1. The molecule has 0 fully saturated rings. The van der Waals surface area contributed by atoms with Crippen molar-refractivity contribution in [2.75, 3.05) is 20.7 Å². The van der Waals surface area contributed by atoms with Crippen LogP contribution < -0.4 is 0 Å². The summed E-state index contributed by atoms with van der Waals surface area (Å²) in [5.74, 6) is 0.0529. The second-order valence-electron chi connectivity index (χ2n) is 4.79. The molecule has 18 heavy (non-hydrogen) atoms. The molecule has 0 aliphatic carbocycles. The van der Waals surface area contributed by atoms with Crippen LogP contribution in [0.1, 0.15) is 41.6 Å². The van der Waals surface area contributed by atoms with Gasteiger partial charge in [-0.2, -0.15) is 0 Å². The molecule has 3 heteroatoms.